The third-order valence-electron chi connectivity index (χ3n) is 3.49. The molecule has 1 aromatic rings. The predicted octanol–water partition coefficient (Wildman–Crippen LogP) is 2.81. The Morgan fingerprint density at radius 3 is 3.00 bits per heavy atom. The lowest BCUT2D eigenvalue weighted by Crippen LogP contribution is -2.25. The van der Waals surface area contributed by atoms with Crippen molar-refractivity contribution in [3.8, 4) is 0 Å². The summed E-state index contributed by atoms with van der Waals surface area (Å²) in [4.78, 5) is 12.0. The van der Waals surface area contributed by atoms with Crippen LogP contribution in [0.1, 0.15) is 41.6 Å². The van der Waals surface area contributed by atoms with E-state index in [2.05, 4.69) is 11.4 Å². The number of nitrogens with two attached hydrogens (primary N) is 1. The van der Waals surface area contributed by atoms with E-state index in [1.54, 1.807) is 0 Å². The Hall–Kier alpha value is -1.77. The second-order valence-corrected chi connectivity index (χ2v) is 4.78. The van der Waals surface area contributed by atoms with E-state index >= 15 is 0 Å². The Kier molecular flexibility index (Phi) is 4.03. The molecule has 0 radical (unpaired) electrons. The summed E-state index contributed by atoms with van der Waals surface area (Å²) in [5.74, 6) is -0.0293. The lowest BCUT2D eigenvalue weighted by Gasteiger charge is -2.09. The smallest absolute Gasteiger partial charge is 0.251 e. The summed E-state index contributed by atoms with van der Waals surface area (Å²) < 4.78 is 0. The zero-order valence-electron chi connectivity index (χ0n) is 10.8. The van der Waals surface area contributed by atoms with Gasteiger partial charge in [0.25, 0.3) is 5.91 Å². The molecule has 0 atom stereocenters. The number of amides is 1. The number of rotatable bonds is 4. The second kappa shape index (κ2) is 5.71. The van der Waals surface area contributed by atoms with E-state index in [0.717, 1.165) is 12.0 Å². The number of nitrogen functional groups attached to an aromatic ring is 1. The number of anilines is 1. The first-order valence-electron chi connectivity index (χ1n) is 6.49. The molecular formula is C15H20N2O. The first-order chi connectivity index (χ1) is 8.68. The van der Waals surface area contributed by atoms with Gasteiger partial charge in [0, 0.05) is 17.8 Å². The van der Waals surface area contributed by atoms with Gasteiger partial charge in [-0.25, -0.2) is 0 Å². The second-order valence-electron chi connectivity index (χ2n) is 4.78. The van der Waals surface area contributed by atoms with Gasteiger partial charge in [0.15, 0.2) is 0 Å². The number of hydrogen-bond donors (Lipinski definition) is 2. The van der Waals surface area contributed by atoms with Crippen molar-refractivity contribution in [2.45, 2.75) is 32.6 Å². The van der Waals surface area contributed by atoms with Crippen molar-refractivity contribution in [1.82, 2.24) is 5.32 Å². The Morgan fingerprint density at radius 2 is 2.28 bits per heavy atom. The first-order valence-corrected chi connectivity index (χ1v) is 6.49. The van der Waals surface area contributed by atoms with Crippen molar-refractivity contribution in [2.75, 3.05) is 12.3 Å². The van der Waals surface area contributed by atoms with E-state index in [1.165, 1.54) is 24.8 Å². The maximum atomic E-state index is 12.0. The molecule has 2 rings (SSSR count). The van der Waals surface area contributed by atoms with Crippen molar-refractivity contribution in [1.29, 1.82) is 0 Å². The molecule has 3 heteroatoms. The molecule has 0 saturated heterocycles. The fourth-order valence-electron chi connectivity index (χ4n) is 2.30. The van der Waals surface area contributed by atoms with Crippen LogP contribution in [0.3, 0.4) is 0 Å². The van der Waals surface area contributed by atoms with Gasteiger partial charge in [-0.3, -0.25) is 4.79 Å². The molecule has 1 amide bonds. The van der Waals surface area contributed by atoms with Crippen molar-refractivity contribution >= 4 is 11.6 Å². The average Bonchev–Trinajstić information content (AvgIpc) is 2.85. The Bertz CT molecular complexity index is 477. The topological polar surface area (TPSA) is 55.1 Å². The van der Waals surface area contributed by atoms with Gasteiger partial charge in [0.2, 0.25) is 0 Å². The fraction of sp³-hybridized carbons (Fsp3) is 0.400. The summed E-state index contributed by atoms with van der Waals surface area (Å²) in [5.41, 5.74) is 9.47. The molecular weight excluding hydrogens is 224 g/mol. The molecule has 3 nitrogen and oxygen atoms in total. The third kappa shape index (κ3) is 2.92. The van der Waals surface area contributed by atoms with Gasteiger partial charge < -0.3 is 11.1 Å². The van der Waals surface area contributed by atoms with E-state index in [0.29, 0.717) is 17.8 Å². The van der Waals surface area contributed by atoms with Gasteiger partial charge >= 0.3 is 0 Å². The van der Waals surface area contributed by atoms with Crippen LogP contribution in [0.5, 0.6) is 0 Å². The van der Waals surface area contributed by atoms with Crippen LogP contribution in [-0.2, 0) is 0 Å². The molecule has 0 heterocycles. The number of allylic oxidation sites excluding steroid dienone is 1. The molecule has 96 valence electrons. The van der Waals surface area contributed by atoms with E-state index in [1.807, 2.05) is 25.1 Å². The van der Waals surface area contributed by atoms with Crippen LogP contribution in [-0.4, -0.2) is 12.5 Å². The van der Waals surface area contributed by atoms with E-state index in [4.69, 9.17) is 5.73 Å². The minimum absolute atomic E-state index is 0.0293. The van der Waals surface area contributed by atoms with E-state index in [-0.39, 0.29) is 5.91 Å². The van der Waals surface area contributed by atoms with Gasteiger partial charge in [0.1, 0.15) is 0 Å². The van der Waals surface area contributed by atoms with Crippen molar-refractivity contribution < 1.29 is 4.79 Å². The first kappa shape index (κ1) is 12.7. The molecule has 1 aromatic carbocycles. The summed E-state index contributed by atoms with van der Waals surface area (Å²) in [6.07, 6.45) is 6.90. The monoisotopic (exact) mass is 244 g/mol. The molecule has 0 aromatic heterocycles. The minimum atomic E-state index is -0.0293. The Labute approximate surface area is 108 Å². The van der Waals surface area contributed by atoms with Crippen LogP contribution in [0.25, 0.3) is 0 Å². The number of carbonyl (C=O) groups is 1. The molecule has 0 aliphatic heterocycles. The summed E-state index contributed by atoms with van der Waals surface area (Å²) in [6.45, 7) is 2.59. The molecule has 0 spiro atoms. The van der Waals surface area contributed by atoms with Crippen LogP contribution >= 0.6 is 0 Å². The number of hydrogen-bond acceptors (Lipinski definition) is 2. The SMILES string of the molecule is Cc1c(N)cccc1C(=O)NCCC1=CCCC1. The van der Waals surface area contributed by atoms with Gasteiger partial charge in [-0.15, -0.1) is 0 Å². The third-order valence-corrected chi connectivity index (χ3v) is 3.49. The van der Waals surface area contributed by atoms with Crippen LogP contribution in [0.2, 0.25) is 0 Å². The lowest BCUT2D eigenvalue weighted by atomic mass is 10.1. The van der Waals surface area contributed by atoms with E-state index in [9.17, 15) is 4.79 Å². The Balaban J connectivity index is 1.89. The number of nitrogens with one attached hydrogen (secondary N) is 1. The maximum Gasteiger partial charge on any atom is 0.251 e. The zero-order valence-corrected chi connectivity index (χ0v) is 10.8. The Morgan fingerprint density at radius 1 is 1.44 bits per heavy atom. The predicted molar refractivity (Wildman–Crippen MR) is 74.5 cm³/mol. The fourth-order valence-corrected chi connectivity index (χ4v) is 2.30. The highest BCUT2D eigenvalue weighted by Crippen LogP contribution is 2.20. The summed E-state index contributed by atoms with van der Waals surface area (Å²) in [6, 6.07) is 5.45. The summed E-state index contributed by atoms with van der Waals surface area (Å²) in [7, 11) is 0. The number of carbonyl (C=O) groups excluding carboxylic acids is 1. The van der Waals surface area contributed by atoms with Crippen LogP contribution < -0.4 is 11.1 Å². The van der Waals surface area contributed by atoms with E-state index < -0.39 is 0 Å². The van der Waals surface area contributed by atoms with Gasteiger partial charge in [0.05, 0.1) is 0 Å². The normalized spacial score (nSPS) is 14.4. The molecule has 0 bridgehead atoms. The molecule has 18 heavy (non-hydrogen) atoms. The zero-order chi connectivity index (χ0) is 13.0. The molecule has 1 aliphatic carbocycles. The van der Waals surface area contributed by atoms with Crippen LogP contribution in [0.15, 0.2) is 29.8 Å². The summed E-state index contributed by atoms with van der Waals surface area (Å²) >= 11 is 0. The van der Waals surface area contributed by atoms with Gasteiger partial charge in [-0.1, -0.05) is 17.7 Å². The quantitative estimate of drug-likeness (QED) is 0.632. The summed E-state index contributed by atoms with van der Waals surface area (Å²) in [5, 5.41) is 2.96. The molecule has 1 aliphatic rings. The highest BCUT2D eigenvalue weighted by atomic mass is 16.1. The molecule has 0 fully saturated rings. The van der Waals surface area contributed by atoms with Gasteiger partial charge in [-0.05, 0) is 50.3 Å². The van der Waals surface area contributed by atoms with Crippen molar-refractivity contribution in [3.63, 3.8) is 0 Å². The van der Waals surface area contributed by atoms with Crippen LogP contribution in [0, 0.1) is 6.92 Å². The standard InChI is InChI=1S/C15H20N2O/c1-11-13(7-4-8-14(11)16)15(18)17-10-9-12-5-2-3-6-12/h4-5,7-8H,2-3,6,9-10,16H2,1H3,(H,17,18). The van der Waals surface area contributed by atoms with Crippen molar-refractivity contribution in [2.24, 2.45) is 0 Å². The lowest BCUT2D eigenvalue weighted by molar-refractivity contribution is 0.0953. The maximum absolute atomic E-state index is 12.0. The molecule has 3 N–H and O–H groups in total. The largest absolute Gasteiger partial charge is 0.398 e. The molecule has 0 unspecified atom stereocenters. The van der Waals surface area contributed by atoms with Gasteiger partial charge in [-0.2, -0.15) is 0 Å². The number of benzene rings is 1. The van der Waals surface area contributed by atoms with Crippen molar-refractivity contribution in [3.05, 3.63) is 41.0 Å². The highest BCUT2D eigenvalue weighted by Gasteiger charge is 2.10. The minimum Gasteiger partial charge on any atom is -0.398 e. The average molecular weight is 244 g/mol. The highest BCUT2D eigenvalue weighted by molar-refractivity contribution is 5.96. The van der Waals surface area contributed by atoms with Crippen LogP contribution in [0.4, 0.5) is 5.69 Å². The molecule has 0 saturated carbocycles.